The van der Waals surface area contributed by atoms with Gasteiger partial charge in [-0.3, -0.25) is 4.90 Å². The molecule has 1 aliphatic rings. The van der Waals surface area contributed by atoms with Crippen molar-refractivity contribution < 1.29 is 0 Å². The number of nitrogens with zero attached hydrogens (tertiary/aromatic N) is 1. The molecule has 0 saturated heterocycles. The molecule has 1 aliphatic carbocycles. The molecule has 1 fully saturated rings. The Morgan fingerprint density at radius 1 is 1.33 bits per heavy atom. The van der Waals surface area contributed by atoms with Gasteiger partial charge in [-0.2, -0.15) is 0 Å². The van der Waals surface area contributed by atoms with Crippen LogP contribution in [-0.2, 0) is 13.1 Å². The Hall–Kier alpha value is -0.860. The first-order chi connectivity index (χ1) is 8.74. The lowest BCUT2D eigenvalue weighted by Crippen LogP contribution is -2.27. The van der Waals surface area contributed by atoms with E-state index < -0.39 is 0 Å². The molecule has 0 heterocycles. The molecule has 0 unspecified atom stereocenters. The minimum Gasteiger partial charge on any atom is -0.326 e. The number of aryl methyl sites for hydroxylation is 1. The Morgan fingerprint density at radius 2 is 2.11 bits per heavy atom. The highest BCUT2D eigenvalue weighted by atomic mass is 15.2. The molecule has 18 heavy (non-hydrogen) atoms. The third kappa shape index (κ3) is 3.56. The molecule has 1 aromatic carbocycles. The number of hydrogen-bond acceptors (Lipinski definition) is 2. The van der Waals surface area contributed by atoms with Crippen LogP contribution in [0.1, 0.15) is 49.3 Å². The highest BCUT2D eigenvalue weighted by molar-refractivity contribution is 5.31. The summed E-state index contributed by atoms with van der Waals surface area (Å²) >= 11 is 0. The van der Waals surface area contributed by atoms with Gasteiger partial charge < -0.3 is 5.73 Å². The van der Waals surface area contributed by atoms with E-state index in [2.05, 4.69) is 36.9 Å². The number of unbranched alkanes of at least 4 members (excludes halogenated alkanes) is 1. The van der Waals surface area contributed by atoms with Gasteiger partial charge in [-0.05, 0) is 49.4 Å². The molecule has 2 nitrogen and oxygen atoms in total. The third-order valence-electron chi connectivity index (χ3n) is 3.88. The van der Waals surface area contributed by atoms with Crippen molar-refractivity contribution in [1.82, 2.24) is 4.90 Å². The van der Waals surface area contributed by atoms with Crippen LogP contribution in [0.15, 0.2) is 18.2 Å². The van der Waals surface area contributed by atoms with Crippen molar-refractivity contribution in [3.8, 4) is 0 Å². The molecule has 0 spiro atoms. The molecule has 2 rings (SSSR count). The molecule has 1 saturated carbocycles. The van der Waals surface area contributed by atoms with Gasteiger partial charge in [0.05, 0.1) is 0 Å². The zero-order valence-electron chi connectivity index (χ0n) is 11.8. The zero-order valence-corrected chi connectivity index (χ0v) is 11.8. The predicted molar refractivity (Wildman–Crippen MR) is 77.4 cm³/mol. The summed E-state index contributed by atoms with van der Waals surface area (Å²) in [6.45, 7) is 7.48. The van der Waals surface area contributed by atoms with E-state index in [1.165, 1.54) is 48.9 Å². The Labute approximate surface area is 111 Å². The highest BCUT2D eigenvalue weighted by Crippen LogP contribution is 2.29. The van der Waals surface area contributed by atoms with Crippen LogP contribution in [0.25, 0.3) is 0 Å². The minimum absolute atomic E-state index is 0.642. The summed E-state index contributed by atoms with van der Waals surface area (Å²) in [6, 6.07) is 7.52. The van der Waals surface area contributed by atoms with Gasteiger partial charge >= 0.3 is 0 Å². The first-order valence-corrected chi connectivity index (χ1v) is 7.27. The summed E-state index contributed by atoms with van der Waals surface area (Å²) in [4.78, 5) is 2.66. The average molecular weight is 246 g/mol. The highest BCUT2D eigenvalue weighted by Gasteiger charge is 2.28. The Morgan fingerprint density at radius 3 is 2.67 bits per heavy atom. The SMILES string of the molecule is CCCCN(Cc1ccc(CN)cc1C)C1CC1. The van der Waals surface area contributed by atoms with Crippen molar-refractivity contribution in [2.45, 2.75) is 58.7 Å². The maximum atomic E-state index is 5.68. The molecule has 1 aromatic rings. The lowest BCUT2D eigenvalue weighted by atomic mass is 10.0. The van der Waals surface area contributed by atoms with E-state index in [4.69, 9.17) is 5.73 Å². The molecular weight excluding hydrogens is 220 g/mol. The first kappa shape index (κ1) is 13.6. The quantitative estimate of drug-likeness (QED) is 0.800. The molecule has 100 valence electrons. The molecule has 0 atom stereocenters. The van der Waals surface area contributed by atoms with Crippen LogP contribution in [0.4, 0.5) is 0 Å². The van der Waals surface area contributed by atoms with Crippen molar-refractivity contribution in [1.29, 1.82) is 0 Å². The zero-order chi connectivity index (χ0) is 13.0. The van der Waals surface area contributed by atoms with Crippen LogP contribution in [-0.4, -0.2) is 17.5 Å². The van der Waals surface area contributed by atoms with Crippen molar-refractivity contribution in [2.75, 3.05) is 6.54 Å². The Kier molecular flexibility index (Phi) is 4.79. The summed E-state index contributed by atoms with van der Waals surface area (Å²) in [5, 5.41) is 0. The Bertz CT molecular complexity index is 383. The molecule has 0 aliphatic heterocycles. The maximum absolute atomic E-state index is 5.68. The number of rotatable bonds is 7. The third-order valence-corrected chi connectivity index (χ3v) is 3.88. The van der Waals surface area contributed by atoms with Gasteiger partial charge in [0.2, 0.25) is 0 Å². The summed E-state index contributed by atoms with van der Waals surface area (Å²) in [5.41, 5.74) is 9.78. The van der Waals surface area contributed by atoms with Gasteiger partial charge in [0.15, 0.2) is 0 Å². The molecule has 0 bridgehead atoms. The van der Waals surface area contributed by atoms with E-state index in [0.717, 1.165) is 12.6 Å². The van der Waals surface area contributed by atoms with Gasteiger partial charge in [-0.15, -0.1) is 0 Å². The first-order valence-electron chi connectivity index (χ1n) is 7.27. The fourth-order valence-electron chi connectivity index (χ4n) is 2.47. The predicted octanol–water partition coefficient (Wildman–Crippen LogP) is 3.22. The minimum atomic E-state index is 0.642. The molecule has 0 amide bonds. The second-order valence-corrected chi connectivity index (χ2v) is 5.52. The van der Waals surface area contributed by atoms with Gasteiger partial charge in [0.25, 0.3) is 0 Å². The number of benzene rings is 1. The van der Waals surface area contributed by atoms with Crippen LogP contribution < -0.4 is 5.73 Å². The largest absolute Gasteiger partial charge is 0.326 e. The van der Waals surface area contributed by atoms with Gasteiger partial charge in [0, 0.05) is 19.1 Å². The lowest BCUT2D eigenvalue weighted by molar-refractivity contribution is 0.250. The average Bonchev–Trinajstić information content (AvgIpc) is 3.20. The standard InChI is InChI=1S/C16H26N2/c1-3-4-9-18(16-7-8-16)12-15-6-5-14(11-17)10-13(15)2/h5-6,10,16H,3-4,7-9,11-12,17H2,1-2H3. The van der Waals surface area contributed by atoms with Crippen LogP contribution in [0.5, 0.6) is 0 Å². The fourth-order valence-corrected chi connectivity index (χ4v) is 2.47. The normalized spacial score (nSPS) is 15.3. The topological polar surface area (TPSA) is 29.3 Å². The second-order valence-electron chi connectivity index (χ2n) is 5.52. The molecule has 2 N–H and O–H groups in total. The van der Waals surface area contributed by atoms with Crippen molar-refractivity contribution in [3.63, 3.8) is 0 Å². The summed E-state index contributed by atoms with van der Waals surface area (Å²) in [5.74, 6) is 0. The van der Waals surface area contributed by atoms with E-state index in [9.17, 15) is 0 Å². The van der Waals surface area contributed by atoms with Crippen LogP contribution in [0.3, 0.4) is 0 Å². The number of nitrogens with two attached hydrogens (primary N) is 1. The summed E-state index contributed by atoms with van der Waals surface area (Å²) < 4.78 is 0. The molecule has 0 aromatic heterocycles. The van der Waals surface area contributed by atoms with E-state index in [-0.39, 0.29) is 0 Å². The fraction of sp³-hybridized carbons (Fsp3) is 0.625. The lowest BCUT2D eigenvalue weighted by Gasteiger charge is -2.23. The summed E-state index contributed by atoms with van der Waals surface area (Å²) in [7, 11) is 0. The van der Waals surface area contributed by atoms with Crippen molar-refractivity contribution >= 4 is 0 Å². The van der Waals surface area contributed by atoms with E-state index in [0.29, 0.717) is 6.54 Å². The van der Waals surface area contributed by atoms with Crippen LogP contribution in [0.2, 0.25) is 0 Å². The molecule has 0 radical (unpaired) electrons. The maximum Gasteiger partial charge on any atom is 0.0239 e. The van der Waals surface area contributed by atoms with Crippen LogP contribution in [0, 0.1) is 6.92 Å². The van der Waals surface area contributed by atoms with Gasteiger partial charge in [-0.25, -0.2) is 0 Å². The van der Waals surface area contributed by atoms with E-state index in [1.54, 1.807) is 0 Å². The van der Waals surface area contributed by atoms with Crippen LogP contribution >= 0.6 is 0 Å². The van der Waals surface area contributed by atoms with Crippen molar-refractivity contribution in [2.24, 2.45) is 5.73 Å². The Balaban J connectivity index is 2.01. The van der Waals surface area contributed by atoms with E-state index >= 15 is 0 Å². The smallest absolute Gasteiger partial charge is 0.0239 e. The second kappa shape index (κ2) is 6.35. The molecular formula is C16H26N2. The van der Waals surface area contributed by atoms with Gasteiger partial charge in [-0.1, -0.05) is 31.5 Å². The molecule has 2 heteroatoms. The van der Waals surface area contributed by atoms with E-state index in [1.807, 2.05) is 0 Å². The number of hydrogen-bond donors (Lipinski definition) is 1. The van der Waals surface area contributed by atoms with Crippen molar-refractivity contribution in [3.05, 3.63) is 34.9 Å². The van der Waals surface area contributed by atoms with Gasteiger partial charge in [0.1, 0.15) is 0 Å². The monoisotopic (exact) mass is 246 g/mol. The summed E-state index contributed by atoms with van der Waals surface area (Å²) in [6.07, 6.45) is 5.39.